The van der Waals surface area contributed by atoms with Gasteiger partial charge in [0.2, 0.25) is 0 Å². The van der Waals surface area contributed by atoms with E-state index >= 15 is 0 Å². The van der Waals surface area contributed by atoms with Gasteiger partial charge in [0.05, 0.1) is 6.04 Å². The summed E-state index contributed by atoms with van der Waals surface area (Å²) in [5, 5.41) is 0.729. The molecule has 3 rings (SSSR count). The van der Waals surface area contributed by atoms with E-state index in [9.17, 15) is 9.59 Å². The molecule has 1 atom stereocenters. The van der Waals surface area contributed by atoms with Crippen molar-refractivity contribution in [3.63, 3.8) is 0 Å². The van der Waals surface area contributed by atoms with Gasteiger partial charge in [0.15, 0.2) is 0 Å². The molecule has 1 amide bonds. The van der Waals surface area contributed by atoms with Gasteiger partial charge < -0.3 is 14.2 Å². The number of likely N-dealkylation sites (N-methyl/N-ethyl adjacent to an activating group) is 2. The second-order valence-electron chi connectivity index (χ2n) is 6.59. The van der Waals surface area contributed by atoms with Crippen LogP contribution in [-0.4, -0.2) is 43.4 Å². The third kappa shape index (κ3) is 3.68. The Bertz CT molecular complexity index is 964. The van der Waals surface area contributed by atoms with Crippen molar-refractivity contribution in [1.29, 1.82) is 0 Å². The number of benzene rings is 2. The minimum absolute atomic E-state index is 0.0471. The second kappa shape index (κ2) is 7.54. The number of amides is 1. The molecule has 0 aliphatic heterocycles. The Morgan fingerprint density at radius 2 is 1.65 bits per heavy atom. The highest BCUT2D eigenvalue weighted by molar-refractivity contribution is 5.96. The summed E-state index contributed by atoms with van der Waals surface area (Å²) in [6.45, 7) is 0.644. The van der Waals surface area contributed by atoms with Crippen LogP contribution < -0.4 is 5.63 Å². The minimum Gasteiger partial charge on any atom is -0.422 e. The maximum atomic E-state index is 13.1. The third-order valence-electron chi connectivity index (χ3n) is 4.38. The van der Waals surface area contributed by atoms with Gasteiger partial charge in [-0.1, -0.05) is 48.5 Å². The summed E-state index contributed by atoms with van der Waals surface area (Å²) in [7, 11) is 5.63. The number of hydrogen-bond acceptors (Lipinski definition) is 4. The molecule has 2 aromatic carbocycles. The molecule has 0 bridgehead atoms. The number of nitrogens with zero attached hydrogens (tertiary/aromatic N) is 2. The first-order valence-electron chi connectivity index (χ1n) is 8.47. The lowest BCUT2D eigenvalue weighted by molar-refractivity contribution is 0.0701. The summed E-state index contributed by atoms with van der Waals surface area (Å²) < 4.78 is 5.32. The number of rotatable bonds is 5. The summed E-state index contributed by atoms with van der Waals surface area (Å²) in [5.74, 6) is -0.347. The van der Waals surface area contributed by atoms with Gasteiger partial charge in [0, 0.05) is 19.0 Å². The first-order chi connectivity index (χ1) is 12.5. The Morgan fingerprint density at radius 3 is 2.35 bits per heavy atom. The van der Waals surface area contributed by atoms with Crippen LogP contribution in [0.4, 0.5) is 0 Å². The molecule has 0 fully saturated rings. The van der Waals surface area contributed by atoms with Crippen molar-refractivity contribution in [2.75, 3.05) is 27.7 Å². The van der Waals surface area contributed by atoms with Crippen LogP contribution in [-0.2, 0) is 0 Å². The highest BCUT2D eigenvalue weighted by Crippen LogP contribution is 2.22. The van der Waals surface area contributed by atoms with E-state index < -0.39 is 5.63 Å². The van der Waals surface area contributed by atoms with Crippen molar-refractivity contribution in [3.8, 4) is 0 Å². The van der Waals surface area contributed by atoms with E-state index in [0.717, 1.165) is 10.9 Å². The monoisotopic (exact) mass is 350 g/mol. The standard InChI is InChI=1S/C21H22N2O3/c1-22(2)14-18(15-9-5-4-6-10-15)23(3)20(24)17-13-16-11-7-8-12-19(16)26-21(17)25/h4-13,18H,14H2,1-3H3. The molecular formula is C21H22N2O3. The normalized spacial score (nSPS) is 12.3. The molecular weight excluding hydrogens is 328 g/mol. The fourth-order valence-electron chi connectivity index (χ4n) is 3.02. The van der Waals surface area contributed by atoms with Crippen molar-refractivity contribution in [2.24, 2.45) is 0 Å². The fraction of sp³-hybridized carbons (Fsp3) is 0.238. The van der Waals surface area contributed by atoms with Crippen LogP contribution in [0.2, 0.25) is 0 Å². The first-order valence-corrected chi connectivity index (χ1v) is 8.47. The average molecular weight is 350 g/mol. The van der Waals surface area contributed by atoms with E-state index in [1.165, 1.54) is 0 Å². The molecule has 0 radical (unpaired) electrons. The molecule has 5 heteroatoms. The van der Waals surface area contributed by atoms with Crippen LogP contribution in [0.5, 0.6) is 0 Å². The molecule has 0 spiro atoms. The molecule has 1 unspecified atom stereocenters. The molecule has 0 aliphatic carbocycles. The smallest absolute Gasteiger partial charge is 0.349 e. The quantitative estimate of drug-likeness (QED) is 0.663. The highest BCUT2D eigenvalue weighted by atomic mass is 16.4. The lowest BCUT2D eigenvalue weighted by Crippen LogP contribution is -2.38. The first kappa shape index (κ1) is 17.9. The van der Waals surface area contributed by atoms with Crippen LogP contribution in [0.25, 0.3) is 11.0 Å². The van der Waals surface area contributed by atoms with Crippen molar-refractivity contribution < 1.29 is 9.21 Å². The van der Waals surface area contributed by atoms with Gasteiger partial charge in [0.1, 0.15) is 11.1 Å². The van der Waals surface area contributed by atoms with Gasteiger partial charge in [-0.05, 0) is 31.8 Å². The zero-order valence-electron chi connectivity index (χ0n) is 15.2. The zero-order valence-corrected chi connectivity index (χ0v) is 15.2. The van der Waals surface area contributed by atoms with E-state index in [2.05, 4.69) is 0 Å². The predicted molar refractivity (Wildman–Crippen MR) is 102 cm³/mol. The molecule has 0 saturated heterocycles. The second-order valence-corrected chi connectivity index (χ2v) is 6.59. The number of carbonyl (C=O) groups excluding carboxylic acids is 1. The molecule has 26 heavy (non-hydrogen) atoms. The SMILES string of the molecule is CN(C)CC(c1ccccc1)N(C)C(=O)c1cc2ccccc2oc1=O. The highest BCUT2D eigenvalue weighted by Gasteiger charge is 2.26. The van der Waals surface area contributed by atoms with Crippen LogP contribution in [0.3, 0.4) is 0 Å². The Balaban J connectivity index is 1.99. The number of fused-ring (bicyclic) bond motifs is 1. The Labute approximate surface area is 152 Å². The van der Waals surface area contributed by atoms with Crippen molar-refractivity contribution in [2.45, 2.75) is 6.04 Å². The Hall–Kier alpha value is -2.92. The van der Waals surface area contributed by atoms with E-state index in [0.29, 0.717) is 12.1 Å². The maximum absolute atomic E-state index is 13.1. The molecule has 5 nitrogen and oxygen atoms in total. The van der Waals surface area contributed by atoms with E-state index in [1.54, 1.807) is 30.1 Å². The fourth-order valence-corrected chi connectivity index (χ4v) is 3.02. The predicted octanol–water partition coefficient (Wildman–Crippen LogP) is 3.17. The minimum atomic E-state index is -0.614. The Morgan fingerprint density at radius 1 is 1.00 bits per heavy atom. The van der Waals surface area contributed by atoms with Crippen LogP contribution in [0.15, 0.2) is 69.9 Å². The summed E-state index contributed by atoms with van der Waals surface area (Å²) >= 11 is 0. The van der Waals surface area contributed by atoms with Gasteiger partial charge >= 0.3 is 5.63 Å². The van der Waals surface area contributed by atoms with Crippen LogP contribution in [0, 0.1) is 0 Å². The molecule has 1 aromatic heterocycles. The lowest BCUT2D eigenvalue weighted by Gasteiger charge is -2.30. The lowest BCUT2D eigenvalue weighted by atomic mass is 10.0. The molecule has 0 N–H and O–H groups in total. The topological polar surface area (TPSA) is 53.8 Å². The van der Waals surface area contributed by atoms with Crippen LogP contribution >= 0.6 is 0 Å². The van der Waals surface area contributed by atoms with E-state index in [-0.39, 0.29) is 17.5 Å². The zero-order chi connectivity index (χ0) is 18.7. The Kier molecular flexibility index (Phi) is 5.19. The van der Waals surface area contributed by atoms with E-state index in [1.807, 2.05) is 61.5 Å². The van der Waals surface area contributed by atoms with Gasteiger partial charge in [-0.3, -0.25) is 4.79 Å². The molecule has 0 aliphatic rings. The van der Waals surface area contributed by atoms with Crippen molar-refractivity contribution >= 4 is 16.9 Å². The summed E-state index contributed by atoms with van der Waals surface area (Å²) in [6.07, 6.45) is 0. The molecule has 1 heterocycles. The average Bonchev–Trinajstić information content (AvgIpc) is 2.65. The molecule has 0 saturated carbocycles. The number of hydrogen-bond donors (Lipinski definition) is 0. The van der Waals surface area contributed by atoms with Gasteiger partial charge in [-0.25, -0.2) is 4.79 Å². The van der Waals surface area contributed by atoms with Gasteiger partial charge in [-0.15, -0.1) is 0 Å². The molecule has 3 aromatic rings. The maximum Gasteiger partial charge on any atom is 0.349 e. The van der Waals surface area contributed by atoms with E-state index in [4.69, 9.17) is 4.42 Å². The van der Waals surface area contributed by atoms with Crippen molar-refractivity contribution in [3.05, 3.63) is 82.2 Å². The number of carbonyl (C=O) groups is 1. The van der Waals surface area contributed by atoms with Crippen LogP contribution in [0.1, 0.15) is 22.0 Å². The van der Waals surface area contributed by atoms with Gasteiger partial charge in [0.25, 0.3) is 5.91 Å². The van der Waals surface area contributed by atoms with Crippen molar-refractivity contribution in [1.82, 2.24) is 9.80 Å². The largest absolute Gasteiger partial charge is 0.422 e. The summed E-state index contributed by atoms with van der Waals surface area (Å²) in [4.78, 5) is 29.0. The third-order valence-corrected chi connectivity index (χ3v) is 4.38. The summed E-state index contributed by atoms with van der Waals surface area (Å²) in [5.41, 5.74) is 0.926. The molecule has 134 valence electrons. The van der Waals surface area contributed by atoms with Gasteiger partial charge in [-0.2, -0.15) is 0 Å². The summed E-state index contributed by atoms with van der Waals surface area (Å²) in [6, 6.07) is 18.4. The number of para-hydroxylation sites is 1.